The van der Waals surface area contributed by atoms with Crippen molar-refractivity contribution in [1.82, 2.24) is 10.2 Å². The predicted molar refractivity (Wildman–Crippen MR) is 116 cm³/mol. The van der Waals surface area contributed by atoms with Crippen molar-refractivity contribution in [2.24, 2.45) is 0 Å². The van der Waals surface area contributed by atoms with Gasteiger partial charge in [0, 0.05) is 48.3 Å². The lowest BCUT2D eigenvalue weighted by Crippen LogP contribution is -2.34. The van der Waals surface area contributed by atoms with Crippen LogP contribution in [0.4, 0.5) is 11.6 Å². The molecule has 0 amide bonds. The standard InChI is InChI=1S/C21H20Cl2N4O2/c1-29-19-5-2-13(10-18(19)23)12-24-20-17-11-14(22)3-4-16(17)21(26-25-20)27-8-6-15(28)7-9-27/h2-5,10-11H,6-9,12H2,1H3,(H,24,25). The van der Waals surface area contributed by atoms with Gasteiger partial charge >= 0.3 is 0 Å². The van der Waals surface area contributed by atoms with Crippen LogP contribution in [0.3, 0.4) is 0 Å². The third-order valence-corrected chi connectivity index (χ3v) is 5.55. The Morgan fingerprint density at radius 2 is 1.86 bits per heavy atom. The number of hydrogen-bond donors (Lipinski definition) is 1. The van der Waals surface area contributed by atoms with Crippen LogP contribution in [0.2, 0.25) is 10.0 Å². The van der Waals surface area contributed by atoms with Crippen LogP contribution in [0.1, 0.15) is 18.4 Å². The number of ketones is 1. The van der Waals surface area contributed by atoms with Gasteiger partial charge in [-0.05, 0) is 35.9 Å². The molecule has 0 saturated carbocycles. The van der Waals surface area contributed by atoms with E-state index in [4.69, 9.17) is 27.9 Å². The van der Waals surface area contributed by atoms with Crippen LogP contribution in [0.25, 0.3) is 10.8 Å². The van der Waals surface area contributed by atoms with Gasteiger partial charge in [-0.25, -0.2) is 0 Å². The van der Waals surface area contributed by atoms with Gasteiger partial charge in [0.1, 0.15) is 11.5 Å². The van der Waals surface area contributed by atoms with E-state index in [9.17, 15) is 4.79 Å². The lowest BCUT2D eigenvalue weighted by Gasteiger charge is -2.28. The number of piperidine rings is 1. The number of anilines is 2. The van der Waals surface area contributed by atoms with E-state index >= 15 is 0 Å². The van der Waals surface area contributed by atoms with Crippen LogP contribution in [0.5, 0.6) is 5.75 Å². The lowest BCUT2D eigenvalue weighted by atomic mass is 10.1. The van der Waals surface area contributed by atoms with E-state index in [0.29, 0.717) is 54.1 Å². The number of nitrogens with one attached hydrogen (secondary N) is 1. The summed E-state index contributed by atoms with van der Waals surface area (Å²) in [5, 5.41) is 15.2. The van der Waals surface area contributed by atoms with Crippen molar-refractivity contribution in [1.29, 1.82) is 0 Å². The molecule has 0 spiro atoms. The zero-order valence-corrected chi connectivity index (χ0v) is 17.4. The minimum absolute atomic E-state index is 0.290. The number of hydrogen-bond acceptors (Lipinski definition) is 6. The predicted octanol–water partition coefficient (Wildman–Crippen LogP) is 4.73. The van der Waals surface area contributed by atoms with Crippen LogP contribution in [0.15, 0.2) is 36.4 Å². The van der Waals surface area contributed by atoms with Crippen molar-refractivity contribution in [3.63, 3.8) is 0 Å². The van der Waals surface area contributed by atoms with E-state index < -0.39 is 0 Å². The molecule has 3 aromatic rings. The first kappa shape index (κ1) is 19.7. The Hall–Kier alpha value is -2.57. The molecular weight excluding hydrogens is 411 g/mol. The summed E-state index contributed by atoms with van der Waals surface area (Å²) in [7, 11) is 1.59. The SMILES string of the molecule is COc1ccc(CNc2nnc(N3CCC(=O)CC3)c3ccc(Cl)cc23)cc1Cl. The molecule has 1 aliphatic heterocycles. The zero-order valence-electron chi connectivity index (χ0n) is 15.9. The first-order valence-corrected chi connectivity index (χ1v) is 10.1. The highest BCUT2D eigenvalue weighted by Gasteiger charge is 2.21. The molecule has 150 valence electrons. The average molecular weight is 431 g/mol. The quantitative estimate of drug-likeness (QED) is 0.630. The van der Waals surface area contributed by atoms with Crippen molar-refractivity contribution >= 4 is 51.4 Å². The third kappa shape index (κ3) is 4.23. The first-order chi connectivity index (χ1) is 14.0. The van der Waals surface area contributed by atoms with E-state index in [1.807, 2.05) is 36.4 Å². The number of nitrogens with zero attached hydrogens (tertiary/aromatic N) is 3. The van der Waals surface area contributed by atoms with Crippen molar-refractivity contribution < 1.29 is 9.53 Å². The second-order valence-corrected chi connectivity index (χ2v) is 7.75. The number of ether oxygens (including phenoxy) is 1. The fourth-order valence-corrected chi connectivity index (χ4v) is 3.90. The number of rotatable bonds is 5. The molecule has 0 aliphatic carbocycles. The summed E-state index contributed by atoms with van der Waals surface area (Å²) >= 11 is 12.5. The van der Waals surface area contributed by atoms with E-state index in [1.165, 1.54) is 0 Å². The van der Waals surface area contributed by atoms with E-state index in [0.717, 1.165) is 22.2 Å². The van der Waals surface area contributed by atoms with Gasteiger partial charge in [-0.1, -0.05) is 29.3 Å². The summed E-state index contributed by atoms with van der Waals surface area (Å²) in [4.78, 5) is 13.7. The zero-order chi connectivity index (χ0) is 20.4. The fraction of sp³-hybridized carbons (Fsp3) is 0.286. The minimum Gasteiger partial charge on any atom is -0.495 e. The van der Waals surface area contributed by atoms with Crippen LogP contribution >= 0.6 is 23.2 Å². The third-order valence-electron chi connectivity index (χ3n) is 5.02. The van der Waals surface area contributed by atoms with Crippen molar-refractivity contribution in [2.75, 3.05) is 30.4 Å². The molecule has 6 nitrogen and oxygen atoms in total. The molecule has 1 aliphatic rings. The maximum atomic E-state index is 11.6. The minimum atomic E-state index is 0.290. The summed E-state index contributed by atoms with van der Waals surface area (Å²) in [6.07, 6.45) is 1.07. The smallest absolute Gasteiger partial charge is 0.159 e. The number of fused-ring (bicyclic) bond motifs is 1. The summed E-state index contributed by atoms with van der Waals surface area (Å²) < 4.78 is 5.20. The molecule has 2 aromatic carbocycles. The van der Waals surface area contributed by atoms with Crippen molar-refractivity contribution in [3.8, 4) is 5.75 Å². The number of carbonyl (C=O) groups is 1. The van der Waals surface area contributed by atoms with Gasteiger partial charge in [-0.2, -0.15) is 0 Å². The summed E-state index contributed by atoms with van der Waals surface area (Å²) in [5.74, 6) is 2.35. The van der Waals surface area contributed by atoms with Gasteiger partial charge in [0.05, 0.1) is 12.1 Å². The Labute approximate surface area is 178 Å². The van der Waals surface area contributed by atoms with E-state index in [2.05, 4.69) is 20.4 Å². The maximum absolute atomic E-state index is 11.6. The van der Waals surface area contributed by atoms with Gasteiger partial charge in [0.25, 0.3) is 0 Å². The molecule has 1 fully saturated rings. The molecule has 2 heterocycles. The highest BCUT2D eigenvalue weighted by atomic mass is 35.5. The maximum Gasteiger partial charge on any atom is 0.159 e. The first-order valence-electron chi connectivity index (χ1n) is 9.34. The second kappa shape index (κ2) is 8.43. The summed E-state index contributed by atoms with van der Waals surface area (Å²) in [6.45, 7) is 1.84. The summed E-state index contributed by atoms with van der Waals surface area (Å²) in [5.41, 5.74) is 0.992. The van der Waals surface area contributed by atoms with Gasteiger partial charge in [0.2, 0.25) is 0 Å². The molecule has 0 unspecified atom stereocenters. The lowest BCUT2D eigenvalue weighted by molar-refractivity contribution is -0.119. The number of benzene rings is 2. The number of aromatic nitrogens is 2. The molecule has 8 heteroatoms. The molecule has 0 bridgehead atoms. The highest BCUT2D eigenvalue weighted by Crippen LogP contribution is 2.32. The monoisotopic (exact) mass is 430 g/mol. The second-order valence-electron chi connectivity index (χ2n) is 6.91. The average Bonchev–Trinajstić information content (AvgIpc) is 2.72. The molecule has 4 rings (SSSR count). The Bertz CT molecular complexity index is 1060. The number of methoxy groups -OCH3 is 1. The molecular formula is C21H20Cl2N4O2. The molecule has 0 atom stereocenters. The van der Waals surface area contributed by atoms with Crippen molar-refractivity contribution in [2.45, 2.75) is 19.4 Å². The van der Waals surface area contributed by atoms with E-state index in [1.54, 1.807) is 7.11 Å². The Kier molecular flexibility index (Phi) is 5.74. The van der Waals surface area contributed by atoms with Crippen LogP contribution in [-0.4, -0.2) is 36.2 Å². The number of halogens is 2. The largest absolute Gasteiger partial charge is 0.495 e. The van der Waals surface area contributed by atoms with Crippen LogP contribution in [0, 0.1) is 0 Å². The van der Waals surface area contributed by atoms with Crippen molar-refractivity contribution in [3.05, 3.63) is 52.0 Å². The molecule has 1 N–H and O–H groups in total. The fourth-order valence-electron chi connectivity index (χ4n) is 3.45. The Morgan fingerprint density at radius 1 is 1.07 bits per heavy atom. The van der Waals surface area contributed by atoms with Gasteiger partial charge in [-0.15, -0.1) is 10.2 Å². The molecule has 29 heavy (non-hydrogen) atoms. The Morgan fingerprint density at radius 3 is 2.59 bits per heavy atom. The van der Waals surface area contributed by atoms with Gasteiger partial charge in [-0.3, -0.25) is 4.79 Å². The van der Waals surface area contributed by atoms with Gasteiger partial charge < -0.3 is 15.0 Å². The normalized spacial score (nSPS) is 14.3. The summed E-state index contributed by atoms with van der Waals surface area (Å²) in [6, 6.07) is 11.3. The topological polar surface area (TPSA) is 67.3 Å². The number of Topliss-reactive ketones (excluding diaryl/α,β-unsaturated/α-hetero) is 1. The Balaban J connectivity index is 1.63. The molecule has 1 aromatic heterocycles. The highest BCUT2D eigenvalue weighted by molar-refractivity contribution is 6.32. The molecule has 1 saturated heterocycles. The molecule has 0 radical (unpaired) electrons. The van der Waals surface area contributed by atoms with Gasteiger partial charge in [0.15, 0.2) is 11.6 Å². The van der Waals surface area contributed by atoms with Crippen LogP contribution in [-0.2, 0) is 11.3 Å². The number of carbonyl (C=O) groups excluding carboxylic acids is 1. The van der Waals surface area contributed by atoms with Crippen LogP contribution < -0.4 is 15.0 Å². The van der Waals surface area contributed by atoms with E-state index in [-0.39, 0.29) is 5.78 Å².